The molecule has 1 amide bonds. The average molecular weight is 339 g/mol. The minimum atomic E-state index is -0.894. The van der Waals surface area contributed by atoms with Gasteiger partial charge in [-0.3, -0.25) is 9.59 Å². The number of hydrogen-bond acceptors (Lipinski definition) is 4. The molecule has 6 heteroatoms. The number of Topliss-reactive ketones (excluding diaryl/α,β-unsaturated/α-hetero) is 1. The van der Waals surface area contributed by atoms with Crippen LogP contribution in [0, 0.1) is 18.2 Å². The van der Waals surface area contributed by atoms with Gasteiger partial charge in [-0.1, -0.05) is 18.1 Å². The second-order valence-corrected chi connectivity index (χ2v) is 6.04. The topological polar surface area (TPSA) is 71.1 Å². The summed E-state index contributed by atoms with van der Waals surface area (Å²) in [7, 11) is 0. The average Bonchev–Trinajstić information content (AvgIpc) is 2.56. The van der Waals surface area contributed by atoms with E-state index in [4.69, 9.17) is 6.42 Å². The Labute approximate surface area is 145 Å². The molecule has 0 unspecified atom stereocenters. The van der Waals surface area contributed by atoms with Crippen molar-refractivity contribution in [2.45, 2.75) is 26.3 Å². The summed E-state index contributed by atoms with van der Waals surface area (Å²) in [5.41, 5.74) is 0.176. The van der Waals surface area contributed by atoms with Crippen molar-refractivity contribution in [1.29, 1.82) is 0 Å². The minimum absolute atomic E-state index is 0.0107. The van der Waals surface area contributed by atoms with Gasteiger partial charge in [0.1, 0.15) is 11.6 Å². The van der Waals surface area contributed by atoms with E-state index in [1.54, 1.807) is 38.1 Å². The molecular formula is C19H18FN3O2. The lowest BCUT2D eigenvalue weighted by molar-refractivity contribution is 0.0929. The first-order chi connectivity index (χ1) is 11.7. The molecule has 0 fully saturated rings. The molecule has 2 rings (SSSR count). The second kappa shape index (κ2) is 7.14. The number of terminal acetylenes is 1. The molecule has 1 aromatic heterocycles. The van der Waals surface area contributed by atoms with Gasteiger partial charge in [0.25, 0.3) is 5.91 Å². The van der Waals surface area contributed by atoms with Crippen LogP contribution in [0.2, 0.25) is 0 Å². The molecule has 2 N–H and O–H groups in total. The minimum Gasteiger partial charge on any atom is -0.340 e. The SMILES string of the molecule is C#CC(C)(C)NC(=O)c1cc(F)cnc1Nc1cccc(C(C)=O)c1. The lowest BCUT2D eigenvalue weighted by Gasteiger charge is -2.20. The van der Waals surface area contributed by atoms with Crippen molar-refractivity contribution in [3.05, 3.63) is 53.5 Å². The summed E-state index contributed by atoms with van der Waals surface area (Å²) in [6.45, 7) is 4.76. The van der Waals surface area contributed by atoms with Crippen molar-refractivity contribution < 1.29 is 14.0 Å². The normalized spacial score (nSPS) is 10.7. The number of nitrogens with one attached hydrogen (secondary N) is 2. The van der Waals surface area contributed by atoms with Gasteiger partial charge in [-0.25, -0.2) is 9.37 Å². The van der Waals surface area contributed by atoms with Gasteiger partial charge in [-0.2, -0.15) is 0 Å². The Morgan fingerprint density at radius 3 is 2.64 bits per heavy atom. The number of anilines is 2. The number of carbonyl (C=O) groups is 2. The Bertz CT molecular complexity index is 869. The number of rotatable bonds is 5. The van der Waals surface area contributed by atoms with E-state index in [0.29, 0.717) is 11.3 Å². The van der Waals surface area contributed by atoms with Crippen LogP contribution >= 0.6 is 0 Å². The molecule has 25 heavy (non-hydrogen) atoms. The summed E-state index contributed by atoms with van der Waals surface area (Å²) in [5, 5.41) is 5.57. The van der Waals surface area contributed by atoms with Crippen molar-refractivity contribution in [1.82, 2.24) is 10.3 Å². The lowest BCUT2D eigenvalue weighted by atomic mass is 10.1. The van der Waals surface area contributed by atoms with Crippen molar-refractivity contribution in [3.8, 4) is 12.3 Å². The second-order valence-electron chi connectivity index (χ2n) is 6.04. The maximum atomic E-state index is 13.6. The van der Waals surface area contributed by atoms with Gasteiger partial charge in [-0.05, 0) is 39.0 Å². The van der Waals surface area contributed by atoms with Crippen molar-refractivity contribution in [2.24, 2.45) is 0 Å². The number of amides is 1. The number of benzene rings is 1. The molecule has 2 aromatic rings. The number of ketones is 1. The monoisotopic (exact) mass is 339 g/mol. The van der Waals surface area contributed by atoms with Crippen LogP contribution in [0.3, 0.4) is 0 Å². The highest BCUT2D eigenvalue weighted by Crippen LogP contribution is 2.21. The van der Waals surface area contributed by atoms with Gasteiger partial charge in [0.05, 0.1) is 17.3 Å². The van der Waals surface area contributed by atoms with Crippen molar-refractivity contribution in [2.75, 3.05) is 5.32 Å². The van der Waals surface area contributed by atoms with E-state index in [1.807, 2.05) is 0 Å². The van der Waals surface area contributed by atoms with Crippen LogP contribution in [0.25, 0.3) is 0 Å². The lowest BCUT2D eigenvalue weighted by Crippen LogP contribution is -2.42. The van der Waals surface area contributed by atoms with Crippen LogP contribution in [-0.2, 0) is 0 Å². The summed E-state index contributed by atoms with van der Waals surface area (Å²) >= 11 is 0. The van der Waals surface area contributed by atoms with E-state index in [9.17, 15) is 14.0 Å². The molecule has 0 saturated carbocycles. The number of aromatic nitrogens is 1. The third-order valence-electron chi connectivity index (χ3n) is 3.42. The Balaban J connectivity index is 2.36. The molecule has 0 aliphatic heterocycles. The van der Waals surface area contributed by atoms with Gasteiger partial charge in [0.2, 0.25) is 0 Å². The fraction of sp³-hybridized carbons (Fsp3) is 0.211. The standard InChI is InChI=1S/C19H18FN3O2/c1-5-19(3,4)23-18(25)16-10-14(20)11-21-17(16)22-15-8-6-7-13(9-15)12(2)24/h1,6-11H,2-4H3,(H,21,22)(H,23,25). The predicted octanol–water partition coefficient (Wildman–Crippen LogP) is 3.31. The van der Waals surface area contributed by atoms with Gasteiger partial charge < -0.3 is 10.6 Å². The van der Waals surface area contributed by atoms with E-state index in [2.05, 4.69) is 21.5 Å². The van der Waals surface area contributed by atoms with Crippen molar-refractivity contribution in [3.63, 3.8) is 0 Å². The van der Waals surface area contributed by atoms with E-state index in [-0.39, 0.29) is 17.2 Å². The van der Waals surface area contributed by atoms with Crippen LogP contribution in [0.15, 0.2) is 36.5 Å². The number of halogens is 1. The fourth-order valence-corrected chi connectivity index (χ4v) is 2.05. The summed E-state index contributed by atoms with van der Waals surface area (Å²) in [6, 6.07) is 7.79. The molecule has 0 spiro atoms. The van der Waals surface area contributed by atoms with Crippen LogP contribution in [-0.4, -0.2) is 22.2 Å². The van der Waals surface area contributed by atoms with E-state index >= 15 is 0 Å². The smallest absolute Gasteiger partial charge is 0.256 e. The molecule has 0 atom stereocenters. The summed E-state index contributed by atoms with van der Waals surface area (Å²) < 4.78 is 13.6. The van der Waals surface area contributed by atoms with E-state index < -0.39 is 17.3 Å². The van der Waals surface area contributed by atoms with Gasteiger partial charge in [0.15, 0.2) is 5.78 Å². The predicted molar refractivity (Wildman–Crippen MR) is 94.3 cm³/mol. The van der Waals surface area contributed by atoms with Gasteiger partial charge >= 0.3 is 0 Å². The molecule has 5 nitrogen and oxygen atoms in total. The van der Waals surface area contributed by atoms with Crippen LogP contribution < -0.4 is 10.6 Å². The molecule has 1 aromatic carbocycles. The van der Waals surface area contributed by atoms with Crippen molar-refractivity contribution >= 4 is 23.2 Å². The highest BCUT2D eigenvalue weighted by Gasteiger charge is 2.21. The Morgan fingerprint density at radius 2 is 2.00 bits per heavy atom. The third kappa shape index (κ3) is 4.64. The maximum absolute atomic E-state index is 13.6. The zero-order chi connectivity index (χ0) is 18.6. The van der Waals surface area contributed by atoms with E-state index in [0.717, 1.165) is 12.3 Å². The zero-order valence-corrected chi connectivity index (χ0v) is 14.2. The molecule has 0 bridgehead atoms. The number of hydrogen-bond donors (Lipinski definition) is 2. The Hall–Kier alpha value is -3.20. The molecule has 0 aliphatic carbocycles. The highest BCUT2D eigenvalue weighted by molar-refractivity contribution is 6.00. The van der Waals surface area contributed by atoms with Gasteiger partial charge in [0, 0.05) is 11.3 Å². The molecule has 0 saturated heterocycles. The first-order valence-electron chi connectivity index (χ1n) is 7.56. The number of pyridine rings is 1. The molecular weight excluding hydrogens is 321 g/mol. The first-order valence-corrected chi connectivity index (χ1v) is 7.56. The van der Waals surface area contributed by atoms with E-state index in [1.165, 1.54) is 6.92 Å². The third-order valence-corrected chi connectivity index (χ3v) is 3.42. The van der Waals surface area contributed by atoms with Crippen LogP contribution in [0.5, 0.6) is 0 Å². The fourth-order valence-electron chi connectivity index (χ4n) is 2.05. The molecule has 1 heterocycles. The Morgan fingerprint density at radius 1 is 1.28 bits per heavy atom. The number of carbonyl (C=O) groups excluding carboxylic acids is 2. The highest BCUT2D eigenvalue weighted by atomic mass is 19.1. The van der Waals surface area contributed by atoms with Crippen LogP contribution in [0.1, 0.15) is 41.5 Å². The number of nitrogens with zero attached hydrogens (tertiary/aromatic N) is 1. The summed E-state index contributed by atoms with van der Waals surface area (Å²) in [5.74, 6) is 1.31. The Kier molecular flexibility index (Phi) is 5.18. The van der Waals surface area contributed by atoms with Gasteiger partial charge in [-0.15, -0.1) is 6.42 Å². The summed E-state index contributed by atoms with van der Waals surface area (Å²) in [6.07, 6.45) is 6.37. The molecule has 0 aliphatic rings. The summed E-state index contributed by atoms with van der Waals surface area (Å²) in [4.78, 5) is 27.9. The zero-order valence-electron chi connectivity index (χ0n) is 14.2. The maximum Gasteiger partial charge on any atom is 0.256 e. The van der Waals surface area contributed by atoms with Crippen LogP contribution in [0.4, 0.5) is 15.9 Å². The largest absolute Gasteiger partial charge is 0.340 e. The molecule has 0 radical (unpaired) electrons. The molecule has 128 valence electrons. The first kappa shape index (κ1) is 18.1. The quantitative estimate of drug-likeness (QED) is 0.648.